The molecule has 1 atom stereocenters. The fraction of sp³-hybridized carbons (Fsp3) is 0.188. The average molecular weight is 343 g/mol. The van der Waals surface area contributed by atoms with Crippen LogP contribution in [0.15, 0.2) is 53.4 Å². The Bertz CT molecular complexity index is 761. The van der Waals surface area contributed by atoms with Crippen molar-refractivity contribution in [3.63, 3.8) is 0 Å². The molecule has 0 N–H and O–H groups in total. The molecule has 3 rings (SSSR count). The number of rotatable bonds is 3. The number of halogens is 1. The Kier molecular flexibility index (Phi) is 3.84. The summed E-state index contributed by atoms with van der Waals surface area (Å²) in [6.07, 6.45) is 5.43. The second-order valence-electron chi connectivity index (χ2n) is 4.89. The number of hydrogen-bond acceptors (Lipinski definition) is 4. The first-order valence-electron chi connectivity index (χ1n) is 6.71. The first-order valence-corrected chi connectivity index (χ1v) is 7.50. The minimum Gasteiger partial charge on any atom is -0.364 e. The van der Waals surface area contributed by atoms with Gasteiger partial charge in [-0.1, -0.05) is 6.07 Å². The van der Waals surface area contributed by atoms with Gasteiger partial charge in [0.2, 0.25) is 0 Å². The van der Waals surface area contributed by atoms with Crippen molar-refractivity contribution in [3.8, 4) is 0 Å². The number of fused-ring (bicyclic) bond motifs is 1. The quantitative estimate of drug-likeness (QED) is 0.721. The third-order valence-corrected chi connectivity index (χ3v) is 4.03. The molecule has 3 aromatic heterocycles. The Morgan fingerprint density at radius 3 is 2.71 bits per heavy atom. The van der Waals surface area contributed by atoms with Gasteiger partial charge in [-0.15, -0.1) is 0 Å². The topological polar surface area (TPSA) is 41.9 Å². The van der Waals surface area contributed by atoms with Gasteiger partial charge in [0.15, 0.2) is 0 Å². The summed E-state index contributed by atoms with van der Waals surface area (Å²) in [4.78, 5) is 15.5. The summed E-state index contributed by atoms with van der Waals surface area (Å²) in [6.45, 7) is 2.13. The van der Waals surface area contributed by atoms with Gasteiger partial charge in [-0.05, 0) is 47.1 Å². The molecule has 3 heterocycles. The molecule has 0 fully saturated rings. The molecule has 21 heavy (non-hydrogen) atoms. The van der Waals surface area contributed by atoms with E-state index in [1.807, 2.05) is 42.7 Å². The monoisotopic (exact) mass is 342 g/mol. The number of nitrogens with zero attached hydrogens (tertiary/aromatic N) is 4. The lowest BCUT2D eigenvalue weighted by molar-refractivity contribution is 0.715. The normalized spacial score (nSPS) is 12.3. The molecule has 0 bridgehead atoms. The number of pyridine rings is 3. The zero-order chi connectivity index (χ0) is 14.8. The van der Waals surface area contributed by atoms with E-state index >= 15 is 0 Å². The van der Waals surface area contributed by atoms with E-state index in [-0.39, 0.29) is 6.04 Å². The molecular formula is C16H15BrN4. The van der Waals surface area contributed by atoms with Crippen LogP contribution in [0.5, 0.6) is 0 Å². The number of aromatic nitrogens is 3. The zero-order valence-electron chi connectivity index (χ0n) is 11.9. The summed E-state index contributed by atoms with van der Waals surface area (Å²) in [5, 5.41) is 0. The second-order valence-corrected chi connectivity index (χ2v) is 5.81. The maximum absolute atomic E-state index is 4.51. The smallest absolute Gasteiger partial charge is 0.112 e. The van der Waals surface area contributed by atoms with Crippen molar-refractivity contribution < 1.29 is 0 Å². The molecule has 3 aromatic rings. The lowest BCUT2D eigenvalue weighted by Gasteiger charge is -2.27. The fourth-order valence-corrected chi connectivity index (χ4v) is 2.63. The molecule has 0 aromatic carbocycles. The molecule has 0 saturated carbocycles. The Morgan fingerprint density at radius 2 is 1.95 bits per heavy atom. The van der Waals surface area contributed by atoms with E-state index in [0.717, 1.165) is 26.9 Å². The standard InChI is InChI=1S/C16H15BrN4/c1-11(13-5-3-4-7-18-13)21(2)15-6-8-19-14-9-12(17)10-20-16(14)15/h3-11H,1-2H3. The first kappa shape index (κ1) is 13.9. The van der Waals surface area contributed by atoms with Crippen molar-refractivity contribution in [1.29, 1.82) is 0 Å². The molecule has 0 saturated heterocycles. The average Bonchev–Trinajstić information content (AvgIpc) is 2.53. The van der Waals surface area contributed by atoms with Crippen LogP contribution in [0, 0.1) is 0 Å². The predicted octanol–water partition coefficient (Wildman–Crippen LogP) is 3.98. The molecule has 106 valence electrons. The molecule has 0 aliphatic rings. The van der Waals surface area contributed by atoms with Gasteiger partial charge in [0, 0.05) is 30.1 Å². The summed E-state index contributed by atoms with van der Waals surface area (Å²) >= 11 is 3.43. The summed E-state index contributed by atoms with van der Waals surface area (Å²) < 4.78 is 0.931. The molecule has 0 spiro atoms. The van der Waals surface area contributed by atoms with Crippen molar-refractivity contribution in [2.24, 2.45) is 0 Å². The van der Waals surface area contributed by atoms with Crippen LogP contribution in [0.4, 0.5) is 5.69 Å². The highest BCUT2D eigenvalue weighted by atomic mass is 79.9. The van der Waals surface area contributed by atoms with Crippen LogP contribution in [0.25, 0.3) is 11.0 Å². The van der Waals surface area contributed by atoms with Gasteiger partial charge in [0.25, 0.3) is 0 Å². The highest BCUT2D eigenvalue weighted by Crippen LogP contribution is 2.29. The van der Waals surface area contributed by atoms with Crippen molar-refractivity contribution in [2.75, 3.05) is 11.9 Å². The van der Waals surface area contributed by atoms with Crippen LogP contribution in [0.2, 0.25) is 0 Å². The van der Waals surface area contributed by atoms with Gasteiger partial charge in [-0.25, -0.2) is 0 Å². The van der Waals surface area contributed by atoms with Gasteiger partial charge in [0.05, 0.1) is 22.9 Å². The Hall–Kier alpha value is -2.01. The Morgan fingerprint density at radius 1 is 1.10 bits per heavy atom. The van der Waals surface area contributed by atoms with Gasteiger partial charge >= 0.3 is 0 Å². The first-order chi connectivity index (χ1) is 10.2. The Balaban J connectivity index is 2.04. The fourth-order valence-electron chi connectivity index (χ4n) is 2.31. The van der Waals surface area contributed by atoms with Gasteiger partial charge in [-0.2, -0.15) is 0 Å². The van der Waals surface area contributed by atoms with Crippen molar-refractivity contribution in [1.82, 2.24) is 15.0 Å². The SMILES string of the molecule is CC(c1ccccn1)N(C)c1ccnc2cc(Br)cnc12. The van der Waals surface area contributed by atoms with Gasteiger partial charge in [-0.3, -0.25) is 15.0 Å². The van der Waals surface area contributed by atoms with E-state index in [1.54, 1.807) is 6.20 Å². The minimum absolute atomic E-state index is 0.155. The minimum atomic E-state index is 0.155. The molecule has 0 aliphatic heterocycles. The lowest BCUT2D eigenvalue weighted by Crippen LogP contribution is -2.22. The third-order valence-electron chi connectivity index (χ3n) is 3.60. The van der Waals surface area contributed by atoms with Crippen LogP contribution in [0.3, 0.4) is 0 Å². The van der Waals surface area contributed by atoms with Crippen LogP contribution in [-0.4, -0.2) is 22.0 Å². The molecule has 1 unspecified atom stereocenters. The van der Waals surface area contributed by atoms with Crippen molar-refractivity contribution >= 4 is 32.7 Å². The maximum atomic E-state index is 4.51. The molecule has 0 amide bonds. The highest BCUT2D eigenvalue weighted by molar-refractivity contribution is 9.10. The summed E-state index contributed by atoms with van der Waals surface area (Å²) in [5.74, 6) is 0. The van der Waals surface area contributed by atoms with Crippen molar-refractivity contribution in [2.45, 2.75) is 13.0 Å². The van der Waals surface area contributed by atoms with E-state index in [9.17, 15) is 0 Å². The number of anilines is 1. The van der Waals surface area contributed by atoms with Crippen LogP contribution < -0.4 is 4.90 Å². The van der Waals surface area contributed by atoms with Crippen LogP contribution in [-0.2, 0) is 0 Å². The summed E-state index contributed by atoms with van der Waals surface area (Å²) in [6, 6.07) is 10.1. The molecule has 5 heteroatoms. The second kappa shape index (κ2) is 5.77. The van der Waals surface area contributed by atoms with Crippen LogP contribution >= 0.6 is 15.9 Å². The maximum Gasteiger partial charge on any atom is 0.112 e. The van der Waals surface area contributed by atoms with E-state index in [0.29, 0.717) is 0 Å². The Labute approximate surface area is 132 Å². The van der Waals surface area contributed by atoms with E-state index in [2.05, 4.69) is 49.8 Å². The van der Waals surface area contributed by atoms with E-state index in [4.69, 9.17) is 0 Å². The van der Waals surface area contributed by atoms with E-state index in [1.165, 1.54) is 0 Å². The third kappa shape index (κ3) is 2.74. The van der Waals surface area contributed by atoms with Gasteiger partial charge < -0.3 is 4.90 Å². The highest BCUT2D eigenvalue weighted by Gasteiger charge is 2.16. The molecule has 4 nitrogen and oxygen atoms in total. The van der Waals surface area contributed by atoms with Crippen LogP contribution in [0.1, 0.15) is 18.7 Å². The summed E-state index contributed by atoms with van der Waals surface area (Å²) in [5.41, 5.74) is 3.85. The number of hydrogen-bond donors (Lipinski definition) is 0. The molecular weight excluding hydrogens is 328 g/mol. The largest absolute Gasteiger partial charge is 0.364 e. The van der Waals surface area contributed by atoms with Crippen molar-refractivity contribution in [3.05, 3.63) is 59.1 Å². The lowest BCUT2D eigenvalue weighted by atomic mass is 10.1. The zero-order valence-corrected chi connectivity index (χ0v) is 13.4. The predicted molar refractivity (Wildman–Crippen MR) is 88.3 cm³/mol. The summed E-state index contributed by atoms with van der Waals surface area (Å²) in [7, 11) is 2.05. The van der Waals surface area contributed by atoms with Gasteiger partial charge in [0.1, 0.15) is 5.52 Å². The molecule has 0 radical (unpaired) electrons. The molecule has 0 aliphatic carbocycles. The van der Waals surface area contributed by atoms with E-state index < -0.39 is 0 Å².